The van der Waals surface area contributed by atoms with Crippen molar-refractivity contribution in [1.29, 1.82) is 0 Å². The fourth-order valence-corrected chi connectivity index (χ4v) is 1.54. The third-order valence-corrected chi connectivity index (χ3v) is 2.76. The first-order chi connectivity index (χ1) is 5.61. The molecule has 2 heteroatoms. The van der Waals surface area contributed by atoms with E-state index in [9.17, 15) is 4.79 Å². The molecule has 0 spiro atoms. The molecule has 1 rings (SSSR count). The molecule has 0 bridgehead atoms. The molecule has 1 aliphatic carbocycles. The van der Waals surface area contributed by atoms with Gasteiger partial charge in [-0.3, -0.25) is 4.79 Å². The number of hydrogen-bond acceptors (Lipinski definition) is 1. The molecule has 66 valence electrons. The molecule has 0 aromatic heterocycles. The molecular weight excluding hydrogens is 152 g/mol. The molecule has 1 aliphatic rings. The van der Waals surface area contributed by atoms with Gasteiger partial charge in [0.05, 0.1) is 5.41 Å². The summed E-state index contributed by atoms with van der Waals surface area (Å²) in [4.78, 5) is 10.9. The van der Waals surface area contributed by atoms with E-state index < -0.39 is 11.4 Å². The van der Waals surface area contributed by atoms with Crippen molar-refractivity contribution in [3.63, 3.8) is 0 Å². The molecule has 1 unspecified atom stereocenters. The third-order valence-electron chi connectivity index (χ3n) is 2.76. The van der Waals surface area contributed by atoms with Crippen LogP contribution in [0.3, 0.4) is 0 Å². The van der Waals surface area contributed by atoms with Crippen LogP contribution in [0.15, 0.2) is 0 Å². The number of aliphatic carboxylic acids is 1. The summed E-state index contributed by atoms with van der Waals surface area (Å²) in [5.74, 6) is 2.17. The second kappa shape index (κ2) is 3.18. The van der Waals surface area contributed by atoms with Gasteiger partial charge in [0.1, 0.15) is 0 Å². The Morgan fingerprint density at radius 1 is 1.75 bits per heavy atom. The van der Waals surface area contributed by atoms with E-state index in [4.69, 9.17) is 11.5 Å². The van der Waals surface area contributed by atoms with Crippen molar-refractivity contribution in [1.82, 2.24) is 0 Å². The average Bonchev–Trinajstić information content (AvgIpc) is 2.82. The summed E-state index contributed by atoms with van der Waals surface area (Å²) in [6.45, 7) is 1.81. The molecule has 0 heterocycles. The Labute approximate surface area is 73.0 Å². The fraction of sp³-hybridized carbons (Fsp3) is 0.700. The summed E-state index contributed by atoms with van der Waals surface area (Å²) in [5, 5.41) is 9.00. The highest BCUT2D eigenvalue weighted by atomic mass is 16.4. The fourth-order valence-electron chi connectivity index (χ4n) is 1.54. The SMILES string of the molecule is C#CCCC(C)(C(=O)O)C1CC1. The van der Waals surface area contributed by atoms with Crippen LogP contribution in [0.4, 0.5) is 0 Å². The summed E-state index contributed by atoms with van der Waals surface area (Å²) in [5.41, 5.74) is -0.563. The lowest BCUT2D eigenvalue weighted by atomic mass is 9.80. The van der Waals surface area contributed by atoms with E-state index in [2.05, 4.69) is 5.92 Å². The molecular formula is C10H14O2. The predicted molar refractivity (Wildman–Crippen MR) is 46.5 cm³/mol. The zero-order valence-electron chi connectivity index (χ0n) is 7.34. The number of carboxylic acids is 1. The van der Waals surface area contributed by atoms with Gasteiger partial charge in [-0.1, -0.05) is 0 Å². The highest BCUT2D eigenvalue weighted by Crippen LogP contribution is 2.48. The van der Waals surface area contributed by atoms with E-state index in [-0.39, 0.29) is 0 Å². The van der Waals surface area contributed by atoms with E-state index in [1.165, 1.54) is 0 Å². The van der Waals surface area contributed by atoms with Crippen LogP contribution < -0.4 is 0 Å². The van der Waals surface area contributed by atoms with Gasteiger partial charge in [0.25, 0.3) is 0 Å². The Morgan fingerprint density at radius 2 is 2.33 bits per heavy atom. The predicted octanol–water partition coefficient (Wildman–Crippen LogP) is 1.90. The Balaban J connectivity index is 2.59. The maximum absolute atomic E-state index is 10.9. The summed E-state index contributed by atoms with van der Waals surface area (Å²) in [6.07, 6.45) is 8.39. The second-order valence-corrected chi connectivity index (χ2v) is 3.70. The lowest BCUT2D eigenvalue weighted by Crippen LogP contribution is -2.29. The van der Waals surface area contributed by atoms with Crippen molar-refractivity contribution in [3.05, 3.63) is 0 Å². The van der Waals surface area contributed by atoms with Crippen LogP contribution in [0.5, 0.6) is 0 Å². The van der Waals surface area contributed by atoms with Crippen LogP contribution in [-0.4, -0.2) is 11.1 Å². The number of rotatable bonds is 4. The molecule has 0 aromatic carbocycles. The van der Waals surface area contributed by atoms with Crippen LogP contribution in [0.25, 0.3) is 0 Å². The molecule has 0 radical (unpaired) electrons. The smallest absolute Gasteiger partial charge is 0.309 e. The van der Waals surface area contributed by atoms with Crippen LogP contribution in [-0.2, 0) is 4.79 Å². The molecule has 12 heavy (non-hydrogen) atoms. The Hall–Kier alpha value is -0.970. The van der Waals surface area contributed by atoms with Crippen LogP contribution in [0, 0.1) is 23.7 Å². The lowest BCUT2D eigenvalue weighted by Gasteiger charge is -2.23. The molecule has 0 amide bonds. The highest BCUT2D eigenvalue weighted by Gasteiger charge is 2.46. The minimum absolute atomic E-state index is 0.364. The van der Waals surface area contributed by atoms with Crippen LogP contribution in [0.1, 0.15) is 32.6 Å². The van der Waals surface area contributed by atoms with Crippen molar-refractivity contribution >= 4 is 5.97 Å². The van der Waals surface area contributed by atoms with Gasteiger partial charge in [0.15, 0.2) is 0 Å². The topological polar surface area (TPSA) is 37.3 Å². The Morgan fingerprint density at radius 3 is 2.67 bits per heavy atom. The first kappa shape index (κ1) is 9.12. The minimum atomic E-state index is -0.694. The summed E-state index contributed by atoms with van der Waals surface area (Å²) in [7, 11) is 0. The lowest BCUT2D eigenvalue weighted by molar-refractivity contribution is -0.149. The molecule has 0 aromatic rings. The van der Waals surface area contributed by atoms with Gasteiger partial charge < -0.3 is 5.11 Å². The molecule has 1 saturated carbocycles. The summed E-state index contributed by atoms with van der Waals surface area (Å²) >= 11 is 0. The van der Waals surface area contributed by atoms with Crippen molar-refractivity contribution < 1.29 is 9.90 Å². The van der Waals surface area contributed by atoms with Gasteiger partial charge in [-0.15, -0.1) is 12.3 Å². The van der Waals surface area contributed by atoms with E-state index >= 15 is 0 Å². The molecule has 2 nitrogen and oxygen atoms in total. The first-order valence-corrected chi connectivity index (χ1v) is 4.28. The molecule has 0 aliphatic heterocycles. The van der Waals surface area contributed by atoms with E-state index in [0.717, 1.165) is 12.8 Å². The third kappa shape index (κ3) is 1.61. The zero-order valence-corrected chi connectivity index (χ0v) is 7.34. The van der Waals surface area contributed by atoms with Gasteiger partial charge in [-0.05, 0) is 32.1 Å². The number of carboxylic acid groups (broad SMARTS) is 1. The Kier molecular flexibility index (Phi) is 2.42. The van der Waals surface area contributed by atoms with Crippen LogP contribution in [0.2, 0.25) is 0 Å². The summed E-state index contributed by atoms with van der Waals surface area (Å²) in [6, 6.07) is 0. The van der Waals surface area contributed by atoms with Crippen molar-refractivity contribution in [2.45, 2.75) is 32.6 Å². The zero-order chi connectivity index (χ0) is 9.19. The number of hydrogen-bond donors (Lipinski definition) is 1. The van der Waals surface area contributed by atoms with Crippen molar-refractivity contribution in [2.75, 3.05) is 0 Å². The highest BCUT2D eigenvalue weighted by molar-refractivity contribution is 5.75. The van der Waals surface area contributed by atoms with Crippen LogP contribution >= 0.6 is 0 Å². The monoisotopic (exact) mass is 166 g/mol. The number of terminal acetylenes is 1. The molecule has 1 atom stereocenters. The minimum Gasteiger partial charge on any atom is -0.481 e. The van der Waals surface area contributed by atoms with E-state index in [1.54, 1.807) is 0 Å². The van der Waals surface area contributed by atoms with E-state index in [0.29, 0.717) is 18.8 Å². The first-order valence-electron chi connectivity index (χ1n) is 4.28. The average molecular weight is 166 g/mol. The summed E-state index contributed by atoms with van der Waals surface area (Å²) < 4.78 is 0. The standard InChI is InChI=1S/C10H14O2/c1-3-4-7-10(2,9(11)12)8-5-6-8/h1,8H,4-7H2,2H3,(H,11,12). The normalized spacial score (nSPS) is 21.0. The Bertz CT molecular complexity index is 222. The molecule has 1 fully saturated rings. The van der Waals surface area contributed by atoms with Gasteiger partial charge in [-0.25, -0.2) is 0 Å². The largest absolute Gasteiger partial charge is 0.481 e. The van der Waals surface area contributed by atoms with Gasteiger partial charge in [0.2, 0.25) is 0 Å². The van der Waals surface area contributed by atoms with Gasteiger partial charge in [0, 0.05) is 6.42 Å². The number of carbonyl (C=O) groups is 1. The quantitative estimate of drug-likeness (QED) is 0.648. The maximum Gasteiger partial charge on any atom is 0.309 e. The van der Waals surface area contributed by atoms with E-state index in [1.807, 2.05) is 6.92 Å². The maximum atomic E-state index is 10.9. The van der Waals surface area contributed by atoms with Gasteiger partial charge >= 0.3 is 5.97 Å². The van der Waals surface area contributed by atoms with Crippen molar-refractivity contribution in [3.8, 4) is 12.3 Å². The molecule has 0 saturated heterocycles. The van der Waals surface area contributed by atoms with Gasteiger partial charge in [-0.2, -0.15) is 0 Å². The van der Waals surface area contributed by atoms with Crippen molar-refractivity contribution in [2.24, 2.45) is 11.3 Å². The second-order valence-electron chi connectivity index (χ2n) is 3.70. The molecule has 1 N–H and O–H groups in total.